The van der Waals surface area contributed by atoms with E-state index in [-0.39, 0.29) is 22.4 Å². The van der Waals surface area contributed by atoms with E-state index in [1.807, 2.05) is 44.2 Å². The molecular formula is C17H15NO3S. The number of Topliss-reactive ketones (excluding diaryl/α,β-unsaturated/α-hetero) is 1. The van der Waals surface area contributed by atoms with Crippen molar-refractivity contribution in [2.75, 3.05) is 0 Å². The first-order valence-electron chi connectivity index (χ1n) is 7.06. The summed E-state index contributed by atoms with van der Waals surface area (Å²) in [7, 11) is 0. The van der Waals surface area contributed by atoms with Gasteiger partial charge in [0.05, 0.1) is 0 Å². The lowest BCUT2D eigenvalue weighted by atomic mass is 10.0. The fraction of sp³-hybridized carbons (Fsp3) is 0.235. The monoisotopic (exact) mass is 313 g/mol. The van der Waals surface area contributed by atoms with E-state index in [9.17, 15) is 14.7 Å². The van der Waals surface area contributed by atoms with E-state index in [0.717, 1.165) is 17.5 Å². The molecule has 0 fully saturated rings. The third-order valence-electron chi connectivity index (χ3n) is 3.65. The second-order valence-electron chi connectivity index (χ2n) is 5.50. The van der Waals surface area contributed by atoms with Crippen molar-refractivity contribution in [3.63, 3.8) is 0 Å². The van der Waals surface area contributed by atoms with Gasteiger partial charge in [-0.2, -0.15) is 0 Å². The lowest BCUT2D eigenvalue weighted by molar-refractivity contribution is 0.0689. The molecule has 1 N–H and O–H groups in total. The van der Waals surface area contributed by atoms with Crippen LogP contribution in [-0.4, -0.2) is 21.8 Å². The van der Waals surface area contributed by atoms with E-state index in [0.29, 0.717) is 10.5 Å². The molecule has 0 bridgehead atoms. The van der Waals surface area contributed by atoms with Crippen molar-refractivity contribution in [3.05, 3.63) is 57.0 Å². The Morgan fingerprint density at radius 2 is 2.00 bits per heavy atom. The number of benzene rings is 1. The van der Waals surface area contributed by atoms with Crippen LogP contribution in [0.25, 0.3) is 5.57 Å². The first kappa shape index (κ1) is 14.7. The zero-order valence-corrected chi connectivity index (χ0v) is 13.1. The van der Waals surface area contributed by atoms with Crippen LogP contribution in [-0.2, 0) is 6.42 Å². The summed E-state index contributed by atoms with van der Waals surface area (Å²) in [6, 6.07) is 7.76. The van der Waals surface area contributed by atoms with E-state index in [2.05, 4.69) is 4.98 Å². The Kier molecular flexibility index (Phi) is 3.66. The molecule has 112 valence electrons. The van der Waals surface area contributed by atoms with Crippen molar-refractivity contribution >= 4 is 28.7 Å². The Balaban J connectivity index is 2.01. The number of carboxylic acids is 1. The predicted octanol–water partition coefficient (Wildman–Crippen LogP) is 3.79. The number of nitrogens with zero attached hydrogens (tertiary/aromatic N) is 1. The number of carbonyl (C=O) groups excluding carboxylic acids is 1. The van der Waals surface area contributed by atoms with Crippen molar-refractivity contribution in [1.82, 2.24) is 4.98 Å². The van der Waals surface area contributed by atoms with Crippen LogP contribution in [0.2, 0.25) is 0 Å². The number of carboxylic acid groups (broad SMARTS) is 1. The van der Waals surface area contributed by atoms with E-state index >= 15 is 0 Å². The second kappa shape index (κ2) is 5.50. The number of thiazole rings is 1. The lowest BCUT2D eigenvalue weighted by Crippen LogP contribution is -2.04. The van der Waals surface area contributed by atoms with Gasteiger partial charge in [0.1, 0.15) is 0 Å². The number of hydrogen-bond donors (Lipinski definition) is 1. The van der Waals surface area contributed by atoms with Crippen molar-refractivity contribution < 1.29 is 14.7 Å². The van der Waals surface area contributed by atoms with Crippen molar-refractivity contribution in [2.24, 2.45) is 0 Å². The van der Waals surface area contributed by atoms with Crippen molar-refractivity contribution in [1.29, 1.82) is 0 Å². The average Bonchev–Trinajstić information content (AvgIpc) is 3.11. The van der Waals surface area contributed by atoms with Crippen LogP contribution in [0.3, 0.4) is 0 Å². The molecule has 1 aromatic heterocycles. The molecule has 0 saturated heterocycles. The summed E-state index contributed by atoms with van der Waals surface area (Å²) >= 11 is 1.18. The summed E-state index contributed by atoms with van der Waals surface area (Å²) in [5, 5.41) is 9.50. The number of aromatic carboxylic acids is 1. The first-order chi connectivity index (χ1) is 10.5. The molecule has 0 spiro atoms. The summed E-state index contributed by atoms with van der Waals surface area (Å²) in [5.74, 6) is -1.25. The zero-order valence-electron chi connectivity index (χ0n) is 12.3. The Labute approximate surface area is 132 Å². The van der Waals surface area contributed by atoms with Crippen LogP contribution in [0.4, 0.5) is 0 Å². The van der Waals surface area contributed by atoms with Gasteiger partial charge >= 0.3 is 5.97 Å². The Bertz CT molecular complexity index is 802. The van der Waals surface area contributed by atoms with Gasteiger partial charge in [0, 0.05) is 10.5 Å². The maximum Gasteiger partial charge on any atom is 0.355 e. The smallest absolute Gasteiger partial charge is 0.355 e. The molecule has 1 aliphatic rings. The van der Waals surface area contributed by atoms with E-state index in [1.54, 1.807) is 0 Å². The maximum atomic E-state index is 12.7. The summed E-state index contributed by atoms with van der Waals surface area (Å²) < 4.78 is 0. The van der Waals surface area contributed by atoms with Gasteiger partial charge in [-0.25, -0.2) is 9.78 Å². The van der Waals surface area contributed by atoms with Crippen LogP contribution >= 0.6 is 11.3 Å². The van der Waals surface area contributed by atoms with Gasteiger partial charge in [0.2, 0.25) is 5.78 Å². The fourth-order valence-corrected chi connectivity index (χ4v) is 3.60. The average molecular weight is 313 g/mol. The zero-order chi connectivity index (χ0) is 15.9. The SMILES string of the molecule is CC(C)c1sc(C(=O)C2=CCc3ccccc32)nc1C(=O)O. The normalized spacial score (nSPS) is 13.1. The van der Waals surface area contributed by atoms with E-state index in [1.165, 1.54) is 11.3 Å². The third-order valence-corrected chi connectivity index (χ3v) is 5.01. The molecule has 1 aromatic carbocycles. The quantitative estimate of drug-likeness (QED) is 0.872. The minimum Gasteiger partial charge on any atom is -0.476 e. The van der Waals surface area contributed by atoms with E-state index in [4.69, 9.17) is 0 Å². The van der Waals surface area contributed by atoms with Gasteiger partial charge in [0.25, 0.3) is 0 Å². The Morgan fingerprint density at radius 1 is 1.27 bits per heavy atom. The molecule has 1 aliphatic carbocycles. The number of rotatable bonds is 4. The highest BCUT2D eigenvalue weighted by atomic mass is 32.1. The molecule has 0 atom stereocenters. The van der Waals surface area contributed by atoms with E-state index < -0.39 is 5.97 Å². The lowest BCUT2D eigenvalue weighted by Gasteiger charge is -2.02. The predicted molar refractivity (Wildman–Crippen MR) is 85.6 cm³/mol. The number of carbonyl (C=O) groups is 2. The second-order valence-corrected chi connectivity index (χ2v) is 6.53. The molecule has 0 saturated carbocycles. The highest BCUT2D eigenvalue weighted by Gasteiger charge is 2.27. The molecule has 0 unspecified atom stereocenters. The molecule has 5 heteroatoms. The first-order valence-corrected chi connectivity index (χ1v) is 7.88. The number of aromatic nitrogens is 1. The highest BCUT2D eigenvalue weighted by Crippen LogP contribution is 2.33. The molecule has 0 radical (unpaired) electrons. The number of fused-ring (bicyclic) bond motifs is 1. The Morgan fingerprint density at radius 3 is 2.64 bits per heavy atom. The fourth-order valence-electron chi connectivity index (χ4n) is 2.59. The van der Waals surface area contributed by atoms with Crippen LogP contribution in [0.1, 0.15) is 56.1 Å². The van der Waals surface area contributed by atoms with Crippen molar-refractivity contribution in [3.8, 4) is 0 Å². The van der Waals surface area contributed by atoms with Gasteiger partial charge in [-0.05, 0) is 23.5 Å². The summed E-state index contributed by atoms with van der Waals surface area (Å²) in [5.41, 5.74) is 2.66. The molecule has 22 heavy (non-hydrogen) atoms. The van der Waals surface area contributed by atoms with Gasteiger partial charge in [-0.3, -0.25) is 4.79 Å². The topological polar surface area (TPSA) is 67.3 Å². The largest absolute Gasteiger partial charge is 0.476 e. The summed E-state index contributed by atoms with van der Waals surface area (Å²) in [6.07, 6.45) is 2.62. The number of allylic oxidation sites excluding steroid dienone is 2. The molecule has 1 heterocycles. The molecule has 3 rings (SSSR count). The van der Waals surface area contributed by atoms with Gasteiger partial charge in [-0.1, -0.05) is 44.2 Å². The standard InChI is InChI=1S/C17H15NO3S/c1-9(2)15-13(17(20)21)18-16(22-15)14(19)12-8-7-10-5-3-4-6-11(10)12/h3-6,8-9H,7H2,1-2H3,(H,20,21). The summed E-state index contributed by atoms with van der Waals surface area (Å²) in [6.45, 7) is 3.80. The third kappa shape index (κ3) is 2.37. The summed E-state index contributed by atoms with van der Waals surface area (Å²) in [4.78, 5) is 28.7. The Hall–Kier alpha value is -2.27. The molecular weight excluding hydrogens is 298 g/mol. The van der Waals surface area contributed by atoms with Crippen LogP contribution in [0.5, 0.6) is 0 Å². The molecule has 4 nitrogen and oxygen atoms in total. The number of hydrogen-bond acceptors (Lipinski definition) is 4. The highest BCUT2D eigenvalue weighted by molar-refractivity contribution is 7.14. The number of ketones is 1. The van der Waals surface area contributed by atoms with Gasteiger partial charge in [0.15, 0.2) is 10.7 Å². The van der Waals surface area contributed by atoms with Crippen LogP contribution in [0, 0.1) is 0 Å². The van der Waals surface area contributed by atoms with Gasteiger partial charge < -0.3 is 5.11 Å². The van der Waals surface area contributed by atoms with Crippen molar-refractivity contribution in [2.45, 2.75) is 26.2 Å². The molecule has 0 aliphatic heterocycles. The van der Waals surface area contributed by atoms with Gasteiger partial charge in [-0.15, -0.1) is 11.3 Å². The van der Waals surface area contributed by atoms with Crippen LogP contribution < -0.4 is 0 Å². The molecule has 2 aromatic rings. The maximum absolute atomic E-state index is 12.7. The van der Waals surface area contributed by atoms with Crippen LogP contribution in [0.15, 0.2) is 30.3 Å². The minimum atomic E-state index is -1.08. The molecule has 0 amide bonds. The minimum absolute atomic E-state index is 0.00441.